The summed E-state index contributed by atoms with van der Waals surface area (Å²) in [7, 11) is 2.17. The third-order valence-electron chi connectivity index (χ3n) is 4.97. The molecule has 1 heteroatoms. The van der Waals surface area contributed by atoms with Crippen LogP contribution in [0.25, 0.3) is 0 Å². The Labute approximate surface area is 101 Å². The Kier molecular flexibility index (Phi) is 3.63. The van der Waals surface area contributed by atoms with Gasteiger partial charge in [0.15, 0.2) is 0 Å². The van der Waals surface area contributed by atoms with Crippen LogP contribution in [0.15, 0.2) is 0 Å². The molecule has 0 amide bonds. The lowest BCUT2D eigenvalue weighted by molar-refractivity contribution is 0.129. The average Bonchev–Trinajstić information content (AvgIpc) is 3.03. The molecule has 2 saturated carbocycles. The molecule has 0 bridgehead atoms. The summed E-state index contributed by atoms with van der Waals surface area (Å²) in [6.07, 6.45) is 8.79. The van der Waals surface area contributed by atoms with Crippen LogP contribution in [0.2, 0.25) is 0 Å². The van der Waals surface area contributed by atoms with Crippen LogP contribution in [0.4, 0.5) is 0 Å². The predicted molar refractivity (Wildman–Crippen MR) is 70.5 cm³/mol. The zero-order valence-corrected chi connectivity index (χ0v) is 11.6. The molecule has 0 heterocycles. The molecule has 1 unspecified atom stereocenters. The second kappa shape index (κ2) is 4.68. The van der Waals surface area contributed by atoms with E-state index in [0.29, 0.717) is 5.41 Å². The van der Waals surface area contributed by atoms with E-state index in [1.54, 1.807) is 0 Å². The van der Waals surface area contributed by atoms with Crippen molar-refractivity contribution in [2.75, 3.05) is 7.05 Å². The zero-order valence-electron chi connectivity index (χ0n) is 11.6. The maximum Gasteiger partial charge on any atom is 0.0121 e. The summed E-state index contributed by atoms with van der Waals surface area (Å²) in [5, 5.41) is 3.59. The Balaban J connectivity index is 1.84. The van der Waals surface area contributed by atoms with E-state index in [0.717, 1.165) is 23.8 Å². The fraction of sp³-hybridized carbons (Fsp3) is 1.00. The standard InChI is InChI=1S/C15H29N/c1-15(2,3)13-9-7-12(8-10-13)14(16-4)11-5-6-11/h11-14,16H,5-10H2,1-4H3. The zero-order chi connectivity index (χ0) is 11.8. The summed E-state index contributed by atoms with van der Waals surface area (Å²) >= 11 is 0. The minimum atomic E-state index is 0.527. The normalized spacial score (nSPS) is 33.8. The number of rotatable bonds is 3. The van der Waals surface area contributed by atoms with E-state index >= 15 is 0 Å². The van der Waals surface area contributed by atoms with Crippen LogP contribution in [-0.4, -0.2) is 13.1 Å². The van der Waals surface area contributed by atoms with Crippen LogP contribution < -0.4 is 5.32 Å². The molecule has 0 radical (unpaired) electrons. The van der Waals surface area contributed by atoms with Crippen molar-refractivity contribution in [1.82, 2.24) is 5.32 Å². The Morgan fingerprint density at radius 2 is 1.31 bits per heavy atom. The van der Waals surface area contributed by atoms with Gasteiger partial charge >= 0.3 is 0 Å². The number of hydrogen-bond acceptors (Lipinski definition) is 1. The van der Waals surface area contributed by atoms with Crippen LogP contribution in [0.5, 0.6) is 0 Å². The molecule has 2 aliphatic carbocycles. The van der Waals surface area contributed by atoms with Gasteiger partial charge in [0.2, 0.25) is 0 Å². The van der Waals surface area contributed by atoms with E-state index in [1.807, 2.05) is 0 Å². The van der Waals surface area contributed by atoms with Gasteiger partial charge in [-0.25, -0.2) is 0 Å². The molecule has 2 aliphatic rings. The number of hydrogen-bond donors (Lipinski definition) is 1. The molecule has 0 aliphatic heterocycles. The highest BCUT2D eigenvalue weighted by atomic mass is 14.9. The maximum atomic E-state index is 3.59. The molecule has 0 aromatic heterocycles. The lowest BCUT2D eigenvalue weighted by Gasteiger charge is -2.39. The summed E-state index contributed by atoms with van der Waals surface area (Å²) in [4.78, 5) is 0. The van der Waals surface area contributed by atoms with Crippen molar-refractivity contribution in [3.63, 3.8) is 0 Å². The van der Waals surface area contributed by atoms with Gasteiger partial charge in [0.1, 0.15) is 0 Å². The molecule has 1 N–H and O–H groups in total. The van der Waals surface area contributed by atoms with Crippen molar-refractivity contribution in [2.45, 2.75) is 65.3 Å². The molecule has 16 heavy (non-hydrogen) atoms. The Bertz CT molecular complexity index is 216. The van der Waals surface area contributed by atoms with Crippen LogP contribution in [0, 0.1) is 23.2 Å². The molecule has 0 aromatic carbocycles. The molecule has 0 spiro atoms. The Morgan fingerprint density at radius 3 is 1.62 bits per heavy atom. The van der Waals surface area contributed by atoms with Crippen LogP contribution in [0.3, 0.4) is 0 Å². The summed E-state index contributed by atoms with van der Waals surface area (Å²) in [5.41, 5.74) is 0.527. The quantitative estimate of drug-likeness (QED) is 0.766. The first-order valence-electron chi connectivity index (χ1n) is 7.19. The highest BCUT2D eigenvalue weighted by Crippen LogP contribution is 2.44. The summed E-state index contributed by atoms with van der Waals surface area (Å²) < 4.78 is 0. The first-order chi connectivity index (χ1) is 7.52. The fourth-order valence-corrected chi connectivity index (χ4v) is 3.66. The van der Waals surface area contributed by atoms with E-state index in [-0.39, 0.29) is 0 Å². The van der Waals surface area contributed by atoms with Gasteiger partial charge in [-0.2, -0.15) is 0 Å². The number of nitrogens with one attached hydrogen (secondary N) is 1. The van der Waals surface area contributed by atoms with E-state index in [2.05, 4.69) is 33.1 Å². The monoisotopic (exact) mass is 223 g/mol. The van der Waals surface area contributed by atoms with E-state index < -0.39 is 0 Å². The minimum absolute atomic E-state index is 0.527. The second-order valence-corrected chi connectivity index (χ2v) is 7.13. The van der Waals surface area contributed by atoms with Crippen molar-refractivity contribution < 1.29 is 0 Å². The van der Waals surface area contributed by atoms with Crippen molar-refractivity contribution in [1.29, 1.82) is 0 Å². The van der Waals surface area contributed by atoms with Gasteiger partial charge in [-0.1, -0.05) is 20.8 Å². The minimum Gasteiger partial charge on any atom is -0.316 e. The van der Waals surface area contributed by atoms with Crippen molar-refractivity contribution in [3.05, 3.63) is 0 Å². The van der Waals surface area contributed by atoms with E-state index in [4.69, 9.17) is 0 Å². The summed E-state index contributed by atoms with van der Waals surface area (Å²) in [6, 6.07) is 0.834. The topological polar surface area (TPSA) is 12.0 Å². The molecule has 0 saturated heterocycles. The molecule has 1 nitrogen and oxygen atoms in total. The smallest absolute Gasteiger partial charge is 0.0121 e. The maximum absolute atomic E-state index is 3.59. The van der Waals surface area contributed by atoms with Gasteiger partial charge in [0.05, 0.1) is 0 Å². The predicted octanol–water partition coefficient (Wildman–Crippen LogP) is 3.84. The molecular formula is C15H29N. The van der Waals surface area contributed by atoms with E-state index in [1.165, 1.54) is 38.5 Å². The Hall–Kier alpha value is -0.0400. The summed E-state index contributed by atoms with van der Waals surface area (Å²) in [6.45, 7) is 7.23. The first-order valence-corrected chi connectivity index (χ1v) is 7.19. The first kappa shape index (κ1) is 12.4. The van der Waals surface area contributed by atoms with Gasteiger partial charge in [-0.3, -0.25) is 0 Å². The third-order valence-corrected chi connectivity index (χ3v) is 4.97. The molecule has 0 aromatic rings. The third kappa shape index (κ3) is 2.80. The Morgan fingerprint density at radius 1 is 0.875 bits per heavy atom. The lowest BCUT2D eigenvalue weighted by Crippen LogP contribution is -2.39. The molecule has 2 fully saturated rings. The van der Waals surface area contributed by atoms with Gasteiger partial charge < -0.3 is 5.32 Å². The SMILES string of the molecule is CNC(C1CC1)C1CCC(C(C)(C)C)CC1. The second-order valence-electron chi connectivity index (χ2n) is 7.13. The summed E-state index contributed by atoms with van der Waals surface area (Å²) in [5.74, 6) is 2.94. The van der Waals surface area contributed by atoms with Gasteiger partial charge in [0, 0.05) is 6.04 Å². The lowest BCUT2D eigenvalue weighted by atomic mass is 9.68. The van der Waals surface area contributed by atoms with Crippen molar-refractivity contribution in [2.24, 2.45) is 23.2 Å². The molecule has 2 rings (SSSR count). The van der Waals surface area contributed by atoms with Gasteiger partial charge in [-0.15, -0.1) is 0 Å². The average molecular weight is 223 g/mol. The van der Waals surface area contributed by atoms with Crippen LogP contribution in [0.1, 0.15) is 59.3 Å². The van der Waals surface area contributed by atoms with Crippen LogP contribution in [-0.2, 0) is 0 Å². The highest BCUT2D eigenvalue weighted by Gasteiger charge is 2.38. The molecule has 94 valence electrons. The van der Waals surface area contributed by atoms with Crippen molar-refractivity contribution >= 4 is 0 Å². The molecule has 1 atom stereocenters. The highest BCUT2D eigenvalue weighted by molar-refractivity contribution is 4.93. The largest absolute Gasteiger partial charge is 0.316 e. The van der Waals surface area contributed by atoms with Crippen LogP contribution >= 0.6 is 0 Å². The molecular weight excluding hydrogens is 194 g/mol. The van der Waals surface area contributed by atoms with Crippen molar-refractivity contribution in [3.8, 4) is 0 Å². The van der Waals surface area contributed by atoms with E-state index in [9.17, 15) is 0 Å². The van der Waals surface area contributed by atoms with Gasteiger partial charge in [-0.05, 0) is 68.7 Å². The van der Waals surface area contributed by atoms with Gasteiger partial charge in [0.25, 0.3) is 0 Å². The fourth-order valence-electron chi connectivity index (χ4n) is 3.66.